The van der Waals surface area contributed by atoms with Crippen molar-refractivity contribution in [3.05, 3.63) is 58.8 Å². The average molecular weight is 255 g/mol. The van der Waals surface area contributed by atoms with Crippen molar-refractivity contribution in [1.82, 2.24) is 5.43 Å². The van der Waals surface area contributed by atoms with Gasteiger partial charge in [0.05, 0.1) is 23.6 Å². The lowest BCUT2D eigenvalue weighted by Crippen LogP contribution is -2.30. The van der Waals surface area contributed by atoms with Crippen LogP contribution in [-0.2, 0) is 6.42 Å². The summed E-state index contributed by atoms with van der Waals surface area (Å²) in [6.45, 7) is 0. The van der Waals surface area contributed by atoms with Crippen molar-refractivity contribution in [2.45, 2.75) is 12.5 Å². The van der Waals surface area contributed by atoms with Crippen LogP contribution < -0.4 is 11.3 Å². The molecule has 1 aromatic heterocycles. The predicted molar refractivity (Wildman–Crippen MR) is 63.9 cm³/mol. The summed E-state index contributed by atoms with van der Waals surface area (Å²) in [5, 5.41) is 0.0925. The maximum Gasteiger partial charge on any atom is 0.146 e. The molecule has 0 saturated heterocycles. The summed E-state index contributed by atoms with van der Waals surface area (Å²) < 4.78 is 18.8. The molecule has 0 aliphatic carbocycles. The van der Waals surface area contributed by atoms with Gasteiger partial charge in [-0.2, -0.15) is 0 Å². The number of benzene rings is 1. The molecule has 0 spiro atoms. The lowest BCUT2D eigenvalue weighted by molar-refractivity contribution is 0.505. The molecule has 2 rings (SSSR count). The van der Waals surface area contributed by atoms with E-state index in [0.29, 0.717) is 12.0 Å². The first-order valence-electron chi connectivity index (χ1n) is 5.13. The molecule has 5 heteroatoms. The van der Waals surface area contributed by atoms with Crippen LogP contribution in [0.3, 0.4) is 0 Å². The third-order valence-electron chi connectivity index (χ3n) is 2.58. The standard InChI is InChI=1S/C12H12ClFN2O/c13-10-3-1-2-9(12(10)14)11(16-15)6-8-4-5-17-7-8/h1-5,7,11,16H,6,15H2. The summed E-state index contributed by atoms with van der Waals surface area (Å²) >= 11 is 5.73. The molecule has 0 bridgehead atoms. The van der Waals surface area contributed by atoms with Gasteiger partial charge in [0.15, 0.2) is 0 Å². The predicted octanol–water partition coefficient (Wildman–Crippen LogP) is 2.82. The Bertz CT molecular complexity index is 487. The molecule has 3 nitrogen and oxygen atoms in total. The number of hydrazine groups is 1. The van der Waals surface area contributed by atoms with Gasteiger partial charge in [-0.3, -0.25) is 11.3 Å². The number of nitrogens with two attached hydrogens (primary N) is 1. The van der Waals surface area contributed by atoms with Crippen LogP contribution in [0.2, 0.25) is 5.02 Å². The first-order chi connectivity index (χ1) is 8.22. The van der Waals surface area contributed by atoms with Crippen molar-refractivity contribution < 1.29 is 8.81 Å². The largest absolute Gasteiger partial charge is 0.472 e. The van der Waals surface area contributed by atoms with Gasteiger partial charge in [0.2, 0.25) is 0 Å². The number of hydrogen-bond donors (Lipinski definition) is 2. The van der Waals surface area contributed by atoms with E-state index in [4.69, 9.17) is 21.9 Å². The molecule has 2 aromatic rings. The zero-order valence-electron chi connectivity index (χ0n) is 8.99. The van der Waals surface area contributed by atoms with Crippen LogP contribution in [-0.4, -0.2) is 0 Å². The van der Waals surface area contributed by atoms with Crippen LogP contribution in [0, 0.1) is 5.82 Å². The summed E-state index contributed by atoms with van der Waals surface area (Å²) in [4.78, 5) is 0. The van der Waals surface area contributed by atoms with Crippen molar-refractivity contribution in [3.8, 4) is 0 Å². The Hall–Kier alpha value is -1.36. The minimum Gasteiger partial charge on any atom is -0.472 e. The second-order valence-corrected chi connectivity index (χ2v) is 4.11. The molecule has 1 atom stereocenters. The monoisotopic (exact) mass is 254 g/mol. The highest BCUT2D eigenvalue weighted by Crippen LogP contribution is 2.25. The van der Waals surface area contributed by atoms with E-state index in [-0.39, 0.29) is 11.1 Å². The van der Waals surface area contributed by atoms with Gasteiger partial charge in [0.1, 0.15) is 5.82 Å². The molecule has 0 saturated carbocycles. The molecule has 1 unspecified atom stereocenters. The molecule has 90 valence electrons. The van der Waals surface area contributed by atoms with Gasteiger partial charge in [-0.15, -0.1) is 0 Å². The smallest absolute Gasteiger partial charge is 0.146 e. The zero-order chi connectivity index (χ0) is 12.3. The van der Waals surface area contributed by atoms with Crippen LogP contribution in [0.25, 0.3) is 0 Å². The molecule has 0 aliphatic heterocycles. The Labute approximate surface area is 103 Å². The number of rotatable bonds is 4. The molecule has 17 heavy (non-hydrogen) atoms. The molecular formula is C12H12ClFN2O. The van der Waals surface area contributed by atoms with E-state index in [2.05, 4.69) is 5.43 Å². The summed E-state index contributed by atoms with van der Waals surface area (Å²) in [5.74, 6) is 5.01. The van der Waals surface area contributed by atoms with Gasteiger partial charge in [0.25, 0.3) is 0 Å². The molecule has 0 fully saturated rings. The number of hydrogen-bond acceptors (Lipinski definition) is 3. The fraction of sp³-hybridized carbons (Fsp3) is 0.167. The highest BCUT2D eigenvalue weighted by Gasteiger charge is 2.17. The normalized spacial score (nSPS) is 12.6. The van der Waals surface area contributed by atoms with Crippen molar-refractivity contribution in [2.24, 2.45) is 5.84 Å². The summed E-state index contributed by atoms with van der Waals surface area (Å²) in [7, 11) is 0. The lowest BCUT2D eigenvalue weighted by atomic mass is 10.0. The van der Waals surface area contributed by atoms with E-state index in [1.807, 2.05) is 6.07 Å². The second kappa shape index (κ2) is 5.31. The van der Waals surface area contributed by atoms with Gasteiger partial charge in [-0.25, -0.2) is 4.39 Å². The molecule has 0 amide bonds. The van der Waals surface area contributed by atoms with Crippen LogP contribution in [0.1, 0.15) is 17.2 Å². The Morgan fingerprint density at radius 2 is 2.24 bits per heavy atom. The van der Waals surface area contributed by atoms with E-state index in [0.717, 1.165) is 5.56 Å². The lowest BCUT2D eigenvalue weighted by Gasteiger charge is -2.16. The Kier molecular flexibility index (Phi) is 3.78. The van der Waals surface area contributed by atoms with E-state index in [1.165, 1.54) is 6.07 Å². The van der Waals surface area contributed by atoms with Gasteiger partial charge < -0.3 is 4.42 Å². The van der Waals surface area contributed by atoms with Crippen LogP contribution in [0.5, 0.6) is 0 Å². The number of nitrogens with one attached hydrogen (secondary N) is 1. The topological polar surface area (TPSA) is 51.2 Å². The molecular weight excluding hydrogens is 243 g/mol. The Balaban J connectivity index is 2.26. The van der Waals surface area contributed by atoms with Gasteiger partial charge in [-0.1, -0.05) is 23.7 Å². The Morgan fingerprint density at radius 3 is 2.88 bits per heavy atom. The van der Waals surface area contributed by atoms with E-state index >= 15 is 0 Å². The molecule has 3 N–H and O–H groups in total. The summed E-state index contributed by atoms with van der Waals surface area (Å²) in [6, 6.07) is 6.33. The van der Waals surface area contributed by atoms with Gasteiger partial charge in [0, 0.05) is 5.56 Å². The van der Waals surface area contributed by atoms with Crippen molar-refractivity contribution in [3.63, 3.8) is 0 Å². The maximum atomic E-state index is 13.8. The molecule has 1 heterocycles. The number of furan rings is 1. The third-order valence-corrected chi connectivity index (χ3v) is 2.87. The third kappa shape index (κ3) is 2.66. The SMILES string of the molecule is NNC(Cc1ccoc1)c1cccc(Cl)c1F. The molecule has 1 aromatic carbocycles. The highest BCUT2D eigenvalue weighted by molar-refractivity contribution is 6.30. The summed E-state index contributed by atoms with van der Waals surface area (Å²) in [5.41, 5.74) is 3.97. The van der Waals surface area contributed by atoms with Gasteiger partial charge in [-0.05, 0) is 24.1 Å². The summed E-state index contributed by atoms with van der Waals surface area (Å²) in [6.07, 6.45) is 3.70. The van der Waals surface area contributed by atoms with Crippen LogP contribution in [0.15, 0.2) is 41.2 Å². The minimum atomic E-state index is -0.444. The fourth-order valence-corrected chi connectivity index (χ4v) is 1.87. The fourth-order valence-electron chi connectivity index (χ4n) is 1.69. The number of halogens is 2. The second-order valence-electron chi connectivity index (χ2n) is 3.70. The van der Waals surface area contributed by atoms with Gasteiger partial charge >= 0.3 is 0 Å². The van der Waals surface area contributed by atoms with Crippen molar-refractivity contribution in [2.75, 3.05) is 0 Å². The maximum absolute atomic E-state index is 13.8. The molecule has 0 radical (unpaired) electrons. The zero-order valence-corrected chi connectivity index (χ0v) is 9.75. The Morgan fingerprint density at radius 1 is 1.41 bits per heavy atom. The quantitative estimate of drug-likeness (QED) is 0.652. The minimum absolute atomic E-state index is 0.0925. The van der Waals surface area contributed by atoms with Crippen LogP contribution >= 0.6 is 11.6 Å². The first-order valence-corrected chi connectivity index (χ1v) is 5.51. The molecule has 0 aliphatic rings. The van der Waals surface area contributed by atoms with E-state index in [9.17, 15) is 4.39 Å². The average Bonchev–Trinajstić information content (AvgIpc) is 2.83. The van der Waals surface area contributed by atoms with Crippen molar-refractivity contribution >= 4 is 11.6 Å². The first kappa shape index (κ1) is 12.1. The highest BCUT2D eigenvalue weighted by atomic mass is 35.5. The van der Waals surface area contributed by atoms with Crippen molar-refractivity contribution in [1.29, 1.82) is 0 Å². The van der Waals surface area contributed by atoms with Crippen LogP contribution in [0.4, 0.5) is 4.39 Å². The van der Waals surface area contributed by atoms with E-state index < -0.39 is 5.82 Å². The van der Waals surface area contributed by atoms with E-state index in [1.54, 1.807) is 24.7 Å².